The molecule has 0 aliphatic carbocycles. The number of carbonyl (C=O) groups excluding carboxylic acids is 1. The minimum atomic E-state index is -0.247. The Morgan fingerprint density at radius 1 is 1.50 bits per heavy atom. The fourth-order valence-corrected chi connectivity index (χ4v) is 2.35. The quantitative estimate of drug-likeness (QED) is 0.732. The monoisotopic (exact) mass is 249 g/mol. The average molecular weight is 249 g/mol. The Balaban J connectivity index is 2.02. The fourth-order valence-electron chi connectivity index (χ4n) is 2.35. The lowest BCUT2D eigenvalue weighted by Crippen LogP contribution is -2.54. The molecule has 2 rings (SSSR count). The SMILES string of the molecule is CC1CCC(NC(=O)c2ccncc2O)C(C)N1. The number of hydrogen-bond acceptors (Lipinski definition) is 4. The lowest BCUT2D eigenvalue weighted by atomic mass is 9.95. The summed E-state index contributed by atoms with van der Waals surface area (Å²) in [6.45, 7) is 4.20. The van der Waals surface area contributed by atoms with Crippen LogP contribution in [-0.4, -0.2) is 34.1 Å². The van der Waals surface area contributed by atoms with Gasteiger partial charge in [-0.05, 0) is 32.8 Å². The molecule has 98 valence electrons. The molecular weight excluding hydrogens is 230 g/mol. The van der Waals surface area contributed by atoms with Gasteiger partial charge in [-0.1, -0.05) is 0 Å². The van der Waals surface area contributed by atoms with Gasteiger partial charge in [-0.2, -0.15) is 0 Å². The molecule has 3 atom stereocenters. The molecule has 0 aromatic carbocycles. The summed E-state index contributed by atoms with van der Waals surface area (Å²) in [5.74, 6) is -0.331. The lowest BCUT2D eigenvalue weighted by Gasteiger charge is -2.34. The molecule has 5 heteroatoms. The number of nitrogens with one attached hydrogen (secondary N) is 2. The molecule has 18 heavy (non-hydrogen) atoms. The Morgan fingerprint density at radius 2 is 2.28 bits per heavy atom. The van der Waals surface area contributed by atoms with Crippen LogP contribution < -0.4 is 10.6 Å². The number of rotatable bonds is 2. The number of amides is 1. The number of piperidine rings is 1. The van der Waals surface area contributed by atoms with Gasteiger partial charge in [-0.15, -0.1) is 0 Å². The van der Waals surface area contributed by atoms with Crippen LogP contribution in [0.3, 0.4) is 0 Å². The molecule has 0 saturated carbocycles. The molecule has 3 N–H and O–H groups in total. The summed E-state index contributed by atoms with van der Waals surface area (Å²) < 4.78 is 0. The van der Waals surface area contributed by atoms with Crippen LogP contribution in [-0.2, 0) is 0 Å². The first-order valence-electron chi connectivity index (χ1n) is 6.28. The molecular formula is C13H19N3O2. The standard InChI is InChI=1S/C13H19N3O2/c1-8-3-4-11(9(2)15-8)16-13(18)10-5-6-14-7-12(10)17/h5-9,11,15,17H,3-4H2,1-2H3,(H,16,18). The van der Waals surface area contributed by atoms with E-state index in [2.05, 4.69) is 29.5 Å². The zero-order valence-corrected chi connectivity index (χ0v) is 10.7. The van der Waals surface area contributed by atoms with Crippen LogP contribution in [0.4, 0.5) is 0 Å². The van der Waals surface area contributed by atoms with Gasteiger partial charge in [-0.3, -0.25) is 9.78 Å². The number of aromatic hydroxyl groups is 1. The highest BCUT2D eigenvalue weighted by Gasteiger charge is 2.26. The third-order valence-corrected chi connectivity index (χ3v) is 3.42. The van der Waals surface area contributed by atoms with Crippen molar-refractivity contribution in [2.45, 2.75) is 44.8 Å². The summed E-state index contributed by atoms with van der Waals surface area (Å²) in [6.07, 6.45) is 4.77. The Hall–Kier alpha value is -1.62. The summed E-state index contributed by atoms with van der Waals surface area (Å²) in [5.41, 5.74) is 0.274. The molecule has 1 aliphatic heterocycles. The first kappa shape index (κ1) is 12.8. The molecule has 0 spiro atoms. The number of carbonyl (C=O) groups is 1. The van der Waals surface area contributed by atoms with Crippen LogP contribution in [0.1, 0.15) is 37.0 Å². The second-order valence-corrected chi connectivity index (χ2v) is 4.91. The van der Waals surface area contributed by atoms with Gasteiger partial charge in [0.25, 0.3) is 5.91 Å². The van der Waals surface area contributed by atoms with E-state index < -0.39 is 0 Å². The number of hydrogen-bond donors (Lipinski definition) is 3. The average Bonchev–Trinajstić information content (AvgIpc) is 2.33. The van der Waals surface area contributed by atoms with E-state index in [1.54, 1.807) is 0 Å². The van der Waals surface area contributed by atoms with Crippen molar-refractivity contribution >= 4 is 5.91 Å². The minimum Gasteiger partial charge on any atom is -0.505 e. The first-order chi connectivity index (χ1) is 8.58. The van der Waals surface area contributed by atoms with E-state index in [9.17, 15) is 9.90 Å². The van der Waals surface area contributed by atoms with Crippen LogP contribution in [0.15, 0.2) is 18.5 Å². The molecule has 1 aromatic heterocycles. The largest absolute Gasteiger partial charge is 0.505 e. The molecule has 1 saturated heterocycles. The summed E-state index contributed by atoms with van der Waals surface area (Å²) in [4.78, 5) is 15.8. The predicted molar refractivity (Wildman–Crippen MR) is 68.4 cm³/mol. The first-order valence-corrected chi connectivity index (χ1v) is 6.28. The maximum Gasteiger partial charge on any atom is 0.255 e. The number of aromatic nitrogens is 1. The van der Waals surface area contributed by atoms with Gasteiger partial charge in [0, 0.05) is 24.3 Å². The normalized spacial score (nSPS) is 27.8. The van der Waals surface area contributed by atoms with E-state index in [4.69, 9.17) is 0 Å². The Bertz CT molecular complexity index is 436. The molecule has 3 unspecified atom stereocenters. The van der Waals surface area contributed by atoms with Gasteiger partial charge in [0.15, 0.2) is 0 Å². The molecule has 1 aliphatic rings. The second kappa shape index (κ2) is 5.35. The van der Waals surface area contributed by atoms with Crippen LogP contribution in [0.25, 0.3) is 0 Å². The minimum absolute atomic E-state index is 0.0835. The maximum absolute atomic E-state index is 12.0. The molecule has 1 amide bonds. The highest BCUT2D eigenvalue weighted by molar-refractivity contribution is 5.96. The topological polar surface area (TPSA) is 74.2 Å². The second-order valence-electron chi connectivity index (χ2n) is 4.91. The number of nitrogens with zero attached hydrogens (tertiary/aromatic N) is 1. The van der Waals surface area contributed by atoms with Crippen LogP contribution in [0, 0.1) is 0 Å². The number of pyridine rings is 1. The van der Waals surface area contributed by atoms with Gasteiger partial charge in [-0.25, -0.2) is 0 Å². The molecule has 5 nitrogen and oxygen atoms in total. The molecule has 1 fully saturated rings. The van der Waals surface area contributed by atoms with E-state index in [1.807, 2.05) is 0 Å². The fraction of sp³-hybridized carbons (Fsp3) is 0.538. The summed E-state index contributed by atoms with van der Waals surface area (Å²) in [6, 6.07) is 2.35. The van der Waals surface area contributed by atoms with E-state index in [-0.39, 0.29) is 29.3 Å². The van der Waals surface area contributed by atoms with Gasteiger partial charge >= 0.3 is 0 Å². The Kier molecular flexibility index (Phi) is 3.81. The Labute approximate surface area is 107 Å². The van der Waals surface area contributed by atoms with Crippen LogP contribution in [0.2, 0.25) is 0 Å². The molecule has 0 bridgehead atoms. The Morgan fingerprint density at radius 3 is 2.94 bits per heavy atom. The predicted octanol–water partition coefficient (Wildman–Crippen LogP) is 1.05. The van der Waals surface area contributed by atoms with Gasteiger partial charge in [0.05, 0.1) is 11.8 Å². The molecule has 2 heterocycles. The van der Waals surface area contributed by atoms with Crippen molar-refractivity contribution in [3.63, 3.8) is 0 Å². The summed E-state index contributed by atoms with van der Waals surface area (Å²) in [7, 11) is 0. The molecule has 0 radical (unpaired) electrons. The molecule has 1 aromatic rings. The zero-order chi connectivity index (χ0) is 13.1. The van der Waals surface area contributed by atoms with E-state index >= 15 is 0 Å². The summed E-state index contributed by atoms with van der Waals surface area (Å²) in [5, 5.41) is 15.9. The van der Waals surface area contributed by atoms with E-state index in [0.717, 1.165) is 12.8 Å². The third-order valence-electron chi connectivity index (χ3n) is 3.42. The highest BCUT2D eigenvalue weighted by atomic mass is 16.3. The van der Waals surface area contributed by atoms with Gasteiger partial charge < -0.3 is 15.7 Å². The highest BCUT2D eigenvalue weighted by Crippen LogP contribution is 2.17. The van der Waals surface area contributed by atoms with Crippen molar-refractivity contribution in [2.75, 3.05) is 0 Å². The zero-order valence-electron chi connectivity index (χ0n) is 10.7. The van der Waals surface area contributed by atoms with E-state index in [1.165, 1.54) is 18.5 Å². The van der Waals surface area contributed by atoms with Crippen molar-refractivity contribution in [3.8, 4) is 5.75 Å². The van der Waals surface area contributed by atoms with Crippen molar-refractivity contribution in [1.29, 1.82) is 0 Å². The van der Waals surface area contributed by atoms with Crippen molar-refractivity contribution in [1.82, 2.24) is 15.6 Å². The smallest absolute Gasteiger partial charge is 0.255 e. The van der Waals surface area contributed by atoms with Crippen LogP contribution >= 0.6 is 0 Å². The van der Waals surface area contributed by atoms with Gasteiger partial charge in [0.1, 0.15) is 5.75 Å². The maximum atomic E-state index is 12.0. The van der Waals surface area contributed by atoms with Crippen LogP contribution in [0.5, 0.6) is 5.75 Å². The van der Waals surface area contributed by atoms with Crippen molar-refractivity contribution in [2.24, 2.45) is 0 Å². The van der Waals surface area contributed by atoms with Gasteiger partial charge in [0.2, 0.25) is 0 Å². The summed E-state index contributed by atoms with van der Waals surface area (Å²) >= 11 is 0. The van der Waals surface area contributed by atoms with Crippen molar-refractivity contribution < 1.29 is 9.90 Å². The van der Waals surface area contributed by atoms with E-state index in [0.29, 0.717) is 6.04 Å². The van der Waals surface area contributed by atoms with Crippen molar-refractivity contribution in [3.05, 3.63) is 24.0 Å². The lowest BCUT2D eigenvalue weighted by molar-refractivity contribution is 0.0911. The third kappa shape index (κ3) is 2.79.